The van der Waals surface area contributed by atoms with Crippen molar-refractivity contribution in [1.82, 2.24) is 0 Å². The Bertz CT molecular complexity index is 377. The van der Waals surface area contributed by atoms with Crippen LogP contribution in [-0.4, -0.2) is 12.6 Å². The smallest absolute Gasteiger partial charge is 0.101 e. The van der Waals surface area contributed by atoms with E-state index in [0.717, 1.165) is 12.2 Å². The average molecular weight is 203 g/mol. The lowest BCUT2D eigenvalue weighted by Gasteiger charge is -2.28. The molecule has 0 atom stereocenters. The number of anilines is 2. The first-order valence-corrected chi connectivity index (χ1v) is 5.17. The van der Waals surface area contributed by atoms with Crippen LogP contribution in [0.1, 0.15) is 26.3 Å². The summed E-state index contributed by atoms with van der Waals surface area (Å²) in [6.07, 6.45) is 0. The number of nitrogen functional groups attached to an aromatic ring is 1. The van der Waals surface area contributed by atoms with Crippen molar-refractivity contribution < 1.29 is 0 Å². The van der Waals surface area contributed by atoms with Crippen molar-refractivity contribution >= 4 is 11.4 Å². The number of nitriles is 1. The van der Waals surface area contributed by atoms with Crippen LogP contribution in [0.2, 0.25) is 0 Å². The van der Waals surface area contributed by atoms with Crippen LogP contribution < -0.4 is 10.6 Å². The molecule has 0 unspecified atom stereocenters. The molecule has 1 aromatic carbocycles. The fraction of sp³-hybridized carbons (Fsp3) is 0.417. The van der Waals surface area contributed by atoms with Crippen LogP contribution in [0.4, 0.5) is 11.4 Å². The Hall–Kier alpha value is -1.69. The normalized spacial score (nSPS) is 10.1. The summed E-state index contributed by atoms with van der Waals surface area (Å²) in [5.74, 6) is 0. The molecule has 0 aliphatic heterocycles. The van der Waals surface area contributed by atoms with E-state index in [1.165, 1.54) is 0 Å². The summed E-state index contributed by atoms with van der Waals surface area (Å²) in [5, 5.41) is 8.89. The summed E-state index contributed by atoms with van der Waals surface area (Å²) in [6.45, 7) is 7.19. The van der Waals surface area contributed by atoms with Gasteiger partial charge in [-0.1, -0.05) is 6.07 Å². The maximum absolute atomic E-state index is 8.89. The van der Waals surface area contributed by atoms with Gasteiger partial charge in [-0.15, -0.1) is 0 Å². The van der Waals surface area contributed by atoms with Gasteiger partial charge in [0.05, 0.1) is 16.9 Å². The molecule has 0 spiro atoms. The van der Waals surface area contributed by atoms with E-state index in [1.807, 2.05) is 12.1 Å². The number of hydrogen-bond donors (Lipinski definition) is 1. The van der Waals surface area contributed by atoms with Gasteiger partial charge in [0.15, 0.2) is 0 Å². The first-order chi connectivity index (χ1) is 7.11. The summed E-state index contributed by atoms with van der Waals surface area (Å²) < 4.78 is 0. The zero-order valence-corrected chi connectivity index (χ0v) is 9.49. The number of benzene rings is 1. The maximum Gasteiger partial charge on any atom is 0.101 e. The Balaban J connectivity index is 3.20. The molecule has 80 valence electrons. The molecule has 2 N–H and O–H groups in total. The highest BCUT2D eigenvalue weighted by Crippen LogP contribution is 2.27. The van der Waals surface area contributed by atoms with Crippen LogP contribution in [0.3, 0.4) is 0 Å². The second-order valence-electron chi connectivity index (χ2n) is 3.73. The third-order valence-corrected chi connectivity index (χ3v) is 2.48. The zero-order valence-electron chi connectivity index (χ0n) is 9.49. The van der Waals surface area contributed by atoms with Gasteiger partial charge in [0.25, 0.3) is 0 Å². The van der Waals surface area contributed by atoms with Crippen molar-refractivity contribution in [2.75, 3.05) is 17.2 Å². The Morgan fingerprint density at radius 3 is 2.60 bits per heavy atom. The monoisotopic (exact) mass is 203 g/mol. The van der Waals surface area contributed by atoms with Crippen molar-refractivity contribution in [3.63, 3.8) is 0 Å². The van der Waals surface area contributed by atoms with Gasteiger partial charge in [-0.05, 0) is 32.9 Å². The van der Waals surface area contributed by atoms with Gasteiger partial charge in [-0.2, -0.15) is 5.26 Å². The van der Waals surface area contributed by atoms with E-state index < -0.39 is 0 Å². The number of para-hydroxylation sites is 1. The molecule has 0 heterocycles. The zero-order chi connectivity index (χ0) is 11.4. The summed E-state index contributed by atoms with van der Waals surface area (Å²) in [4.78, 5) is 2.18. The minimum Gasteiger partial charge on any atom is -0.396 e. The molecule has 0 radical (unpaired) electrons. The van der Waals surface area contributed by atoms with Gasteiger partial charge < -0.3 is 10.6 Å². The molecule has 0 amide bonds. The van der Waals surface area contributed by atoms with Gasteiger partial charge >= 0.3 is 0 Å². The van der Waals surface area contributed by atoms with Gasteiger partial charge in [0.2, 0.25) is 0 Å². The van der Waals surface area contributed by atoms with E-state index in [1.54, 1.807) is 6.07 Å². The Labute approximate surface area is 91.1 Å². The lowest BCUT2D eigenvalue weighted by atomic mass is 10.1. The molecule has 0 bridgehead atoms. The molecule has 0 aromatic heterocycles. The number of nitrogens with zero attached hydrogens (tertiary/aromatic N) is 2. The molecule has 1 aromatic rings. The Kier molecular flexibility index (Phi) is 3.56. The lowest BCUT2D eigenvalue weighted by Crippen LogP contribution is -2.31. The second kappa shape index (κ2) is 4.70. The van der Waals surface area contributed by atoms with Crippen molar-refractivity contribution in [2.45, 2.75) is 26.8 Å². The van der Waals surface area contributed by atoms with Crippen molar-refractivity contribution in [2.24, 2.45) is 0 Å². The van der Waals surface area contributed by atoms with Crippen LogP contribution in [0, 0.1) is 11.3 Å². The second-order valence-corrected chi connectivity index (χ2v) is 3.73. The van der Waals surface area contributed by atoms with E-state index in [2.05, 4.69) is 31.7 Å². The standard InChI is InChI=1S/C12H17N3/c1-4-15(9(2)3)11-7-5-6-10(8-13)12(11)14/h5-7,9H,4,14H2,1-3H3. The molecule has 0 saturated carbocycles. The molecule has 0 aliphatic rings. The summed E-state index contributed by atoms with van der Waals surface area (Å²) >= 11 is 0. The van der Waals surface area contributed by atoms with Gasteiger partial charge in [0, 0.05) is 12.6 Å². The molecule has 0 fully saturated rings. The van der Waals surface area contributed by atoms with E-state index in [4.69, 9.17) is 11.0 Å². The highest BCUT2D eigenvalue weighted by Gasteiger charge is 2.13. The van der Waals surface area contributed by atoms with E-state index in [9.17, 15) is 0 Å². The Morgan fingerprint density at radius 1 is 1.47 bits per heavy atom. The number of hydrogen-bond acceptors (Lipinski definition) is 3. The average Bonchev–Trinajstić information content (AvgIpc) is 2.21. The summed E-state index contributed by atoms with van der Waals surface area (Å²) in [7, 11) is 0. The van der Waals surface area contributed by atoms with Crippen molar-refractivity contribution in [1.29, 1.82) is 5.26 Å². The topological polar surface area (TPSA) is 53.0 Å². The van der Waals surface area contributed by atoms with Gasteiger partial charge in [0.1, 0.15) is 6.07 Å². The fourth-order valence-corrected chi connectivity index (χ4v) is 1.71. The number of rotatable bonds is 3. The molecule has 3 nitrogen and oxygen atoms in total. The lowest BCUT2D eigenvalue weighted by molar-refractivity contribution is 0.705. The summed E-state index contributed by atoms with van der Waals surface area (Å²) in [6, 6.07) is 8.05. The largest absolute Gasteiger partial charge is 0.396 e. The minimum absolute atomic E-state index is 0.381. The minimum atomic E-state index is 0.381. The first kappa shape index (κ1) is 11.4. The van der Waals surface area contributed by atoms with Crippen LogP contribution >= 0.6 is 0 Å². The quantitative estimate of drug-likeness (QED) is 0.767. The van der Waals surface area contributed by atoms with Crippen LogP contribution in [-0.2, 0) is 0 Å². The molecule has 0 aliphatic carbocycles. The molecule has 3 heteroatoms. The van der Waals surface area contributed by atoms with Crippen LogP contribution in [0.5, 0.6) is 0 Å². The van der Waals surface area contributed by atoms with E-state index in [0.29, 0.717) is 17.3 Å². The third-order valence-electron chi connectivity index (χ3n) is 2.48. The van der Waals surface area contributed by atoms with E-state index in [-0.39, 0.29) is 0 Å². The maximum atomic E-state index is 8.89. The summed E-state index contributed by atoms with van der Waals surface area (Å²) in [5.41, 5.74) is 8.02. The molecular formula is C12H17N3. The number of nitrogens with two attached hydrogens (primary N) is 1. The molecule has 15 heavy (non-hydrogen) atoms. The van der Waals surface area contributed by atoms with Crippen LogP contribution in [0.15, 0.2) is 18.2 Å². The van der Waals surface area contributed by atoms with Crippen molar-refractivity contribution in [3.8, 4) is 6.07 Å². The third kappa shape index (κ3) is 2.21. The van der Waals surface area contributed by atoms with Gasteiger partial charge in [-0.3, -0.25) is 0 Å². The van der Waals surface area contributed by atoms with Crippen molar-refractivity contribution in [3.05, 3.63) is 23.8 Å². The van der Waals surface area contributed by atoms with Crippen LogP contribution in [0.25, 0.3) is 0 Å². The Morgan fingerprint density at radius 2 is 2.13 bits per heavy atom. The fourth-order valence-electron chi connectivity index (χ4n) is 1.71. The highest BCUT2D eigenvalue weighted by molar-refractivity contribution is 5.74. The predicted octanol–water partition coefficient (Wildman–Crippen LogP) is 2.38. The molecule has 1 rings (SSSR count). The predicted molar refractivity (Wildman–Crippen MR) is 63.7 cm³/mol. The first-order valence-electron chi connectivity index (χ1n) is 5.17. The van der Waals surface area contributed by atoms with E-state index >= 15 is 0 Å². The molecular weight excluding hydrogens is 186 g/mol. The highest BCUT2D eigenvalue weighted by atomic mass is 15.2. The SMILES string of the molecule is CCN(c1cccc(C#N)c1N)C(C)C. The van der Waals surface area contributed by atoms with Gasteiger partial charge in [-0.25, -0.2) is 0 Å². The molecule has 0 saturated heterocycles.